The van der Waals surface area contributed by atoms with Crippen molar-refractivity contribution in [3.8, 4) is 0 Å². The Hall–Kier alpha value is -0.820. The predicted octanol–water partition coefficient (Wildman–Crippen LogP) is 0.215. The van der Waals surface area contributed by atoms with Gasteiger partial charge in [0.2, 0.25) is 0 Å². The number of aliphatic hydroxyl groups is 9. The smallest absolute Gasteiger partial charge is 0.187 e. The summed E-state index contributed by atoms with van der Waals surface area (Å²) in [7, 11) is 1.34. The molecule has 4 aliphatic carbocycles. The number of methoxy groups -OCH3 is 1. The third-order valence-corrected chi connectivity index (χ3v) is 15.0. The molecule has 0 aromatic rings. The topological polar surface area (TPSA) is 228 Å². The van der Waals surface area contributed by atoms with Gasteiger partial charge < -0.3 is 69.6 Å². The Bertz CT molecular complexity index is 1270. The SMILES string of the molecule is C=C(CC[C@@H](C)[C@H]1CC(O)[C@@H]2[C@]1(C)CC[C@H]1[C@@]2(O)CC(O)C2C(O)C(O)CC[C@@]21C)C(C)CO[C@@H]1OC[C@@H](O)[C@H](O)[C@H]1O[C@@H]1OC[C@@H](O)[C@H](O)[C@H]1OC. The fraction of sp³-hybridized carbons (Fsp3) is 0.949. The molecule has 14 nitrogen and oxygen atoms in total. The van der Waals surface area contributed by atoms with Crippen LogP contribution >= 0.6 is 0 Å². The van der Waals surface area contributed by atoms with Crippen molar-refractivity contribution < 1.29 is 69.6 Å². The molecule has 306 valence electrons. The van der Waals surface area contributed by atoms with Crippen molar-refractivity contribution in [3.63, 3.8) is 0 Å². The second kappa shape index (κ2) is 15.8. The lowest BCUT2D eigenvalue weighted by molar-refractivity contribution is -0.346. The highest BCUT2D eigenvalue weighted by molar-refractivity contribution is 5.21. The van der Waals surface area contributed by atoms with Gasteiger partial charge in [0.25, 0.3) is 0 Å². The fourth-order valence-corrected chi connectivity index (χ4v) is 12.1. The summed E-state index contributed by atoms with van der Waals surface area (Å²) < 4.78 is 28.6. The first-order valence-corrected chi connectivity index (χ1v) is 19.8. The van der Waals surface area contributed by atoms with Crippen LogP contribution in [0.1, 0.15) is 79.1 Å². The highest BCUT2D eigenvalue weighted by atomic mass is 16.8. The van der Waals surface area contributed by atoms with E-state index in [9.17, 15) is 46.0 Å². The second-order valence-corrected chi connectivity index (χ2v) is 18.1. The summed E-state index contributed by atoms with van der Waals surface area (Å²) in [5.74, 6) is -0.926. The van der Waals surface area contributed by atoms with Crippen LogP contribution in [-0.2, 0) is 23.7 Å². The second-order valence-electron chi connectivity index (χ2n) is 18.1. The van der Waals surface area contributed by atoms with Crippen LogP contribution in [0.4, 0.5) is 0 Å². The zero-order valence-corrected chi connectivity index (χ0v) is 31.9. The summed E-state index contributed by atoms with van der Waals surface area (Å²) in [6, 6.07) is 0. The van der Waals surface area contributed by atoms with Gasteiger partial charge in [-0.05, 0) is 73.5 Å². The molecule has 14 heteroatoms. The molecule has 2 aliphatic heterocycles. The first-order chi connectivity index (χ1) is 24.9. The maximum Gasteiger partial charge on any atom is 0.187 e. The van der Waals surface area contributed by atoms with Gasteiger partial charge in [-0.2, -0.15) is 0 Å². The Labute approximate surface area is 313 Å². The molecule has 6 aliphatic rings. The van der Waals surface area contributed by atoms with E-state index in [2.05, 4.69) is 20.4 Å². The number of rotatable bonds is 11. The van der Waals surface area contributed by atoms with E-state index in [1.54, 1.807) is 0 Å². The van der Waals surface area contributed by atoms with E-state index in [0.29, 0.717) is 25.7 Å². The van der Waals surface area contributed by atoms with Crippen molar-refractivity contribution in [3.05, 3.63) is 12.2 Å². The van der Waals surface area contributed by atoms with Gasteiger partial charge in [-0.15, -0.1) is 0 Å². The average Bonchev–Trinajstić information content (AvgIpc) is 3.39. The molecule has 0 spiro atoms. The van der Waals surface area contributed by atoms with Crippen LogP contribution in [0.15, 0.2) is 12.2 Å². The average molecular weight is 759 g/mol. The van der Waals surface area contributed by atoms with Gasteiger partial charge >= 0.3 is 0 Å². The Kier molecular flexibility index (Phi) is 12.5. The lowest BCUT2D eigenvalue weighted by Gasteiger charge is -2.66. The van der Waals surface area contributed by atoms with E-state index in [1.165, 1.54) is 7.11 Å². The summed E-state index contributed by atoms with van der Waals surface area (Å²) in [5.41, 5.74) is -1.25. The third-order valence-electron chi connectivity index (χ3n) is 15.0. The first-order valence-electron chi connectivity index (χ1n) is 19.8. The Balaban J connectivity index is 1.05. The Morgan fingerprint density at radius 1 is 0.792 bits per heavy atom. The molecule has 2 heterocycles. The van der Waals surface area contributed by atoms with Crippen LogP contribution in [0.5, 0.6) is 0 Å². The summed E-state index contributed by atoms with van der Waals surface area (Å²) in [4.78, 5) is 0. The van der Waals surface area contributed by atoms with Crippen LogP contribution in [0.3, 0.4) is 0 Å². The van der Waals surface area contributed by atoms with E-state index in [4.69, 9.17) is 23.7 Å². The maximum atomic E-state index is 12.6. The summed E-state index contributed by atoms with van der Waals surface area (Å²) >= 11 is 0. The Morgan fingerprint density at radius 3 is 2.08 bits per heavy atom. The number of hydrogen-bond donors (Lipinski definition) is 9. The molecule has 6 rings (SSSR count). The van der Waals surface area contributed by atoms with E-state index < -0.39 is 96.5 Å². The van der Waals surface area contributed by atoms with E-state index in [-0.39, 0.29) is 55.3 Å². The van der Waals surface area contributed by atoms with Crippen molar-refractivity contribution in [2.45, 2.75) is 158 Å². The van der Waals surface area contributed by atoms with Crippen molar-refractivity contribution in [1.82, 2.24) is 0 Å². The Morgan fingerprint density at radius 2 is 1.42 bits per heavy atom. The van der Waals surface area contributed by atoms with Gasteiger partial charge in [-0.3, -0.25) is 0 Å². The predicted molar refractivity (Wildman–Crippen MR) is 189 cm³/mol. The third kappa shape index (κ3) is 7.30. The molecular weight excluding hydrogens is 692 g/mol. The quantitative estimate of drug-likeness (QED) is 0.129. The molecule has 0 bridgehead atoms. The van der Waals surface area contributed by atoms with Crippen molar-refractivity contribution >= 4 is 0 Å². The van der Waals surface area contributed by atoms with Gasteiger partial charge in [-0.25, -0.2) is 0 Å². The number of fused-ring (bicyclic) bond motifs is 5. The minimum absolute atomic E-state index is 0.0761. The molecule has 2 saturated heterocycles. The van der Waals surface area contributed by atoms with Gasteiger partial charge in [-0.1, -0.05) is 39.8 Å². The van der Waals surface area contributed by atoms with Crippen LogP contribution < -0.4 is 0 Å². The van der Waals surface area contributed by atoms with Crippen LogP contribution in [0, 0.1) is 46.3 Å². The molecule has 6 unspecified atom stereocenters. The molecule has 4 saturated carbocycles. The molecule has 0 aromatic heterocycles. The minimum atomic E-state index is -1.37. The maximum absolute atomic E-state index is 12.6. The normalized spacial score (nSPS) is 52.6. The fourth-order valence-electron chi connectivity index (χ4n) is 12.1. The van der Waals surface area contributed by atoms with Crippen LogP contribution in [0.2, 0.25) is 0 Å². The minimum Gasteiger partial charge on any atom is -0.393 e. The van der Waals surface area contributed by atoms with Gasteiger partial charge in [0.05, 0.1) is 49.8 Å². The molecule has 0 radical (unpaired) electrons. The summed E-state index contributed by atoms with van der Waals surface area (Å²) in [6.07, 6.45) is -8.46. The molecule has 6 fully saturated rings. The number of aliphatic hydroxyl groups excluding tert-OH is 8. The van der Waals surface area contributed by atoms with Crippen molar-refractivity contribution in [2.75, 3.05) is 26.9 Å². The van der Waals surface area contributed by atoms with Gasteiger partial charge in [0, 0.05) is 31.3 Å². The molecule has 53 heavy (non-hydrogen) atoms. The monoisotopic (exact) mass is 758 g/mol. The van der Waals surface area contributed by atoms with Crippen molar-refractivity contribution in [2.24, 2.45) is 46.3 Å². The molecule has 0 aromatic carbocycles. The largest absolute Gasteiger partial charge is 0.393 e. The molecule has 0 amide bonds. The summed E-state index contributed by atoms with van der Waals surface area (Å²) in [5, 5.41) is 98.5. The zero-order chi connectivity index (χ0) is 38.8. The lowest BCUT2D eigenvalue weighted by Crippen LogP contribution is -2.70. The van der Waals surface area contributed by atoms with Crippen LogP contribution in [0.25, 0.3) is 0 Å². The van der Waals surface area contributed by atoms with E-state index >= 15 is 0 Å². The molecule has 21 atom stereocenters. The standard InChI is InChI=1S/C39H66O14/c1-18(20(3)15-50-35-33(31(47)26(44)16-51-35)53-36-32(49-6)30(46)25(43)17-52-36)7-8-19(2)21-13-23(41)34-37(21,4)12-10-27-38(5)11-9-22(40)29(45)28(38)24(42)14-39(27,34)48/h19-36,40-48H,1,7-17H2,2-6H3/t19-,20?,21-,22?,23?,24?,25-,26-,27-,28?,29?,30+,31+,32-,33-,34-,35-,36+,37-,38-,39+/m1/s1. The molecular formula is C39H66O14. The van der Waals surface area contributed by atoms with Crippen LogP contribution in [-0.4, -0.2) is 152 Å². The van der Waals surface area contributed by atoms with Crippen molar-refractivity contribution in [1.29, 1.82) is 0 Å². The van der Waals surface area contributed by atoms with E-state index in [0.717, 1.165) is 24.8 Å². The first kappa shape index (κ1) is 41.8. The highest BCUT2D eigenvalue weighted by Crippen LogP contribution is 2.69. The van der Waals surface area contributed by atoms with E-state index in [1.807, 2.05) is 13.8 Å². The van der Waals surface area contributed by atoms with Gasteiger partial charge in [0.1, 0.15) is 36.6 Å². The summed E-state index contributed by atoms with van der Waals surface area (Å²) in [6.45, 7) is 12.6. The highest BCUT2D eigenvalue weighted by Gasteiger charge is 2.71. The number of hydrogen-bond acceptors (Lipinski definition) is 14. The lowest BCUT2D eigenvalue weighted by atomic mass is 9.41. The van der Waals surface area contributed by atoms with Gasteiger partial charge in [0.15, 0.2) is 12.6 Å². The molecule has 9 N–H and O–H groups in total. The number of ether oxygens (including phenoxy) is 5. The zero-order valence-electron chi connectivity index (χ0n) is 31.9.